The lowest BCUT2D eigenvalue weighted by Crippen LogP contribution is -2.46. The molecule has 15 heavy (non-hydrogen) atoms. The third-order valence-corrected chi connectivity index (χ3v) is 3.59. The second-order valence-electron chi connectivity index (χ2n) is 4.07. The second-order valence-corrected chi connectivity index (χ2v) is 4.92. The Balaban J connectivity index is 1.95. The number of hydrogen-bond donors (Lipinski definition) is 0. The summed E-state index contributed by atoms with van der Waals surface area (Å²) in [7, 11) is 0. The summed E-state index contributed by atoms with van der Waals surface area (Å²) in [6, 6.07) is 7.94. The molecule has 0 aliphatic carbocycles. The van der Waals surface area contributed by atoms with E-state index in [1.165, 1.54) is 0 Å². The van der Waals surface area contributed by atoms with Gasteiger partial charge in [0, 0.05) is 0 Å². The summed E-state index contributed by atoms with van der Waals surface area (Å²) in [5, 5.41) is 0. The number of ether oxygens (including phenoxy) is 2. The summed E-state index contributed by atoms with van der Waals surface area (Å²) in [5.74, 6) is 0.914. The molecule has 2 nitrogen and oxygen atoms in total. The molecule has 0 saturated carbocycles. The van der Waals surface area contributed by atoms with E-state index in [4.69, 9.17) is 9.47 Å². The molecule has 1 aromatic carbocycles. The summed E-state index contributed by atoms with van der Waals surface area (Å²) in [4.78, 5) is 0. The lowest BCUT2D eigenvalue weighted by atomic mass is 9.84. The summed E-state index contributed by atoms with van der Waals surface area (Å²) in [6.45, 7) is 4.58. The molecular formula is C12H15BrO2. The van der Waals surface area contributed by atoms with Gasteiger partial charge in [0.2, 0.25) is 0 Å². The molecule has 0 bridgehead atoms. The average molecular weight is 271 g/mol. The molecule has 1 saturated heterocycles. The molecule has 1 aromatic rings. The van der Waals surface area contributed by atoms with Crippen LogP contribution in [0.25, 0.3) is 0 Å². The molecule has 0 amide bonds. The fraction of sp³-hybridized carbons (Fsp3) is 0.500. The van der Waals surface area contributed by atoms with Gasteiger partial charge in [0.15, 0.2) is 0 Å². The molecule has 3 heteroatoms. The van der Waals surface area contributed by atoms with E-state index in [1.54, 1.807) is 0 Å². The average Bonchev–Trinajstić information content (AvgIpc) is 2.19. The first-order valence-electron chi connectivity index (χ1n) is 5.21. The van der Waals surface area contributed by atoms with E-state index in [-0.39, 0.29) is 5.41 Å². The van der Waals surface area contributed by atoms with Crippen LogP contribution in [0.2, 0.25) is 0 Å². The maximum absolute atomic E-state index is 5.81. The molecule has 0 N–H and O–H groups in total. The molecule has 82 valence electrons. The number of rotatable bonds is 4. The highest BCUT2D eigenvalue weighted by Crippen LogP contribution is 2.33. The minimum atomic E-state index is 0.245. The van der Waals surface area contributed by atoms with Crippen molar-refractivity contribution in [3.63, 3.8) is 0 Å². The van der Waals surface area contributed by atoms with Gasteiger partial charge in [0.05, 0.1) is 29.7 Å². The van der Waals surface area contributed by atoms with Crippen molar-refractivity contribution in [1.82, 2.24) is 0 Å². The zero-order chi connectivity index (χ0) is 10.7. The van der Waals surface area contributed by atoms with Crippen molar-refractivity contribution in [2.75, 3.05) is 19.8 Å². The van der Waals surface area contributed by atoms with Gasteiger partial charge in [-0.25, -0.2) is 0 Å². The zero-order valence-corrected chi connectivity index (χ0v) is 10.4. The fourth-order valence-corrected chi connectivity index (χ4v) is 1.97. The normalized spacial score (nSPS) is 18.3. The first-order chi connectivity index (χ1) is 7.26. The molecular weight excluding hydrogens is 256 g/mol. The zero-order valence-electron chi connectivity index (χ0n) is 8.83. The predicted octanol–water partition coefficient (Wildman–Crippen LogP) is 3.25. The molecule has 1 aliphatic heterocycles. The third-order valence-electron chi connectivity index (χ3n) is 2.94. The molecule has 0 unspecified atom stereocenters. The van der Waals surface area contributed by atoms with E-state index >= 15 is 0 Å². The van der Waals surface area contributed by atoms with Gasteiger partial charge < -0.3 is 9.47 Å². The van der Waals surface area contributed by atoms with Crippen molar-refractivity contribution >= 4 is 15.9 Å². The minimum Gasteiger partial charge on any atom is -0.492 e. The van der Waals surface area contributed by atoms with Gasteiger partial charge in [-0.1, -0.05) is 19.1 Å². The van der Waals surface area contributed by atoms with Gasteiger partial charge in [-0.15, -0.1) is 0 Å². The molecule has 0 aromatic heterocycles. The van der Waals surface area contributed by atoms with E-state index in [9.17, 15) is 0 Å². The smallest absolute Gasteiger partial charge is 0.133 e. The van der Waals surface area contributed by atoms with Crippen LogP contribution >= 0.6 is 15.9 Å². The summed E-state index contributed by atoms with van der Waals surface area (Å²) >= 11 is 3.47. The van der Waals surface area contributed by atoms with E-state index in [0.29, 0.717) is 0 Å². The van der Waals surface area contributed by atoms with Gasteiger partial charge >= 0.3 is 0 Å². The highest BCUT2D eigenvalue weighted by Gasteiger charge is 2.37. The SMILES string of the molecule is CCC1(COc2ccccc2Br)COC1. The van der Waals surface area contributed by atoms with Gasteiger partial charge in [0.1, 0.15) is 5.75 Å². The van der Waals surface area contributed by atoms with Crippen molar-refractivity contribution in [3.8, 4) is 5.75 Å². The Kier molecular flexibility index (Phi) is 3.32. The van der Waals surface area contributed by atoms with Crippen LogP contribution < -0.4 is 4.74 Å². The molecule has 1 heterocycles. The number of para-hydroxylation sites is 1. The van der Waals surface area contributed by atoms with Crippen LogP contribution in [0.1, 0.15) is 13.3 Å². The van der Waals surface area contributed by atoms with Crippen LogP contribution in [0.3, 0.4) is 0 Å². The summed E-state index contributed by atoms with van der Waals surface area (Å²) < 4.78 is 12.1. The summed E-state index contributed by atoms with van der Waals surface area (Å²) in [6.07, 6.45) is 1.11. The first kappa shape index (κ1) is 11.0. The van der Waals surface area contributed by atoms with Crippen molar-refractivity contribution < 1.29 is 9.47 Å². The van der Waals surface area contributed by atoms with Crippen LogP contribution in [-0.2, 0) is 4.74 Å². The Bertz CT molecular complexity index is 329. The van der Waals surface area contributed by atoms with E-state index in [1.807, 2.05) is 24.3 Å². The van der Waals surface area contributed by atoms with Crippen molar-refractivity contribution in [2.45, 2.75) is 13.3 Å². The van der Waals surface area contributed by atoms with Crippen LogP contribution in [-0.4, -0.2) is 19.8 Å². The van der Waals surface area contributed by atoms with E-state index in [2.05, 4.69) is 22.9 Å². The third kappa shape index (κ3) is 2.34. The summed E-state index contributed by atoms with van der Waals surface area (Å²) in [5.41, 5.74) is 0.245. The maximum Gasteiger partial charge on any atom is 0.133 e. The van der Waals surface area contributed by atoms with Crippen molar-refractivity contribution in [2.24, 2.45) is 5.41 Å². The van der Waals surface area contributed by atoms with Crippen LogP contribution in [0, 0.1) is 5.41 Å². The van der Waals surface area contributed by atoms with Crippen LogP contribution in [0.5, 0.6) is 5.75 Å². The van der Waals surface area contributed by atoms with Gasteiger partial charge in [-0.05, 0) is 34.5 Å². The lowest BCUT2D eigenvalue weighted by molar-refractivity contribution is -0.133. The molecule has 2 rings (SSSR count). The number of benzene rings is 1. The fourth-order valence-electron chi connectivity index (χ4n) is 1.57. The van der Waals surface area contributed by atoms with Crippen LogP contribution in [0.15, 0.2) is 28.7 Å². The maximum atomic E-state index is 5.81. The van der Waals surface area contributed by atoms with Crippen LogP contribution in [0.4, 0.5) is 0 Å². The molecule has 0 atom stereocenters. The second kappa shape index (κ2) is 4.54. The highest BCUT2D eigenvalue weighted by molar-refractivity contribution is 9.10. The monoisotopic (exact) mass is 270 g/mol. The molecule has 0 radical (unpaired) electrons. The first-order valence-corrected chi connectivity index (χ1v) is 6.00. The largest absolute Gasteiger partial charge is 0.492 e. The van der Waals surface area contributed by atoms with Gasteiger partial charge in [-0.2, -0.15) is 0 Å². The predicted molar refractivity (Wildman–Crippen MR) is 63.2 cm³/mol. The van der Waals surface area contributed by atoms with E-state index in [0.717, 1.165) is 36.5 Å². The van der Waals surface area contributed by atoms with Crippen molar-refractivity contribution in [3.05, 3.63) is 28.7 Å². The Labute approximate surface area is 98.7 Å². The standard InChI is InChI=1S/C12H15BrO2/c1-2-12(7-14-8-12)9-15-11-6-4-3-5-10(11)13/h3-6H,2,7-9H2,1H3. The molecule has 0 spiro atoms. The molecule has 1 aliphatic rings. The quantitative estimate of drug-likeness (QED) is 0.836. The Morgan fingerprint density at radius 3 is 2.67 bits per heavy atom. The lowest BCUT2D eigenvalue weighted by Gasteiger charge is -2.40. The Hall–Kier alpha value is -0.540. The van der Waals surface area contributed by atoms with E-state index < -0.39 is 0 Å². The van der Waals surface area contributed by atoms with Gasteiger partial charge in [0.25, 0.3) is 0 Å². The molecule has 1 fully saturated rings. The van der Waals surface area contributed by atoms with Crippen molar-refractivity contribution in [1.29, 1.82) is 0 Å². The Morgan fingerprint density at radius 2 is 2.13 bits per heavy atom. The van der Waals surface area contributed by atoms with Gasteiger partial charge in [-0.3, -0.25) is 0 Å². The number of halogens is 1. The Morgan fingerprint density at radius 1 is 1.40 bits per heavy atom. The highest BCUT2D eigenvalue weighted by atomic mass is 79.9. The minimum absolute atomic E-state index is 0.245. The topological polar surface area (TPSA) is 18.5 Å². The number of hydrogen-bond acceptors (Lipinski definition) is 2.